The average Bonchev–Trinajstić information content (AvgIpc) is 2.94. The maximum absolute atomic E-state index is 13.6. The van der Waals surface area contributed by atoms with Crippen molar-refractivity contribution in [2.24, 2.45) is 0 Å². The summed E-state index contributed by atoms with van der Waals surface area (Å²) in [7, 11) is -3.10. The summed E-state index contributed by atoms with van der Waals surface area (Å²) in [5, 5.41) is 4.91. The molecule has 2 N–H and O–H groups in total. The Labute approximate surface area is 146 Å². The monoisotopic (exact) mass is 386 g/mol. The fourth-order valence-corrected chi connectivity index (χ4v) is 4.13. The Morgan fingerprint density at radius 1 is 1.15 bits per heavy atom. The number of amides is 1. The van der Waals surface area contributed by atoms with E-state index in [2.05, 4.69) is 20.6 Å². The first-order valence-electron chi connectivity index (χ1n) is 7.50. The van der Waals surface area contributed by atoms with Gasteiger partial charge in [-0.1, -0.05) is 0 Å². The largest absolute Gasteiger partial charge is 0.350 e. The first-order valence-corrected chi connectivity index (χ1v) is 9.32. The van der Waals surface area contributed by atoms with Gasteiger partial charge in [-0.25, -0.2) is 31.6 Å². The van der Waals surface area contributed by atoms with Gasteiger partial charge in [0.15, 0.2) is 27.3 Å². The van der Waals surface area contributed by atoms with Gasteiger partial charge in [-0.2, -0.15) is 0 Å². The summed E-state index contributed by atoms with van der Waals surface area (Å²) in [6.45, 7) is 0. The third-order valence-electron chi connectivity index (χ3n) is 3.74. The average molecular weight is 386 g/mol. The summed E-state index contributed by atoms with van der Waals surface area (Å²) in [6, 6.07) is 2.43. The van der Waals surface area contributed by atoms with E-state index in [1.54, 1.807) is 0 Å². The number of hydrogen-bond acceptors (Lipinski definition) is 6. The van der Waals surface area contributed by atoms with Crippen LogP contribution in [0.15, 0.2) is 24.4 Å². The number of sulfone groups is 1. The normalized spacial score (nSPS) is 18.5. The summed E-state index contributed by atoms with van der Waals surface area (Å²) < 4.78 is 62.7. The van der Waals surface area contributed by atoms with Crippen molar-refractivity contribution in [2.45, 2.75) is 12.5 Å². The molecule has 26 heavy (non-hydrogen) atoms. The second-order valence-corrected chi connectivity index (χ2v) is 7.92. The minimum Gasteiger partial charge on any atom is -0.350 e. The molecular formula is C15H13F3N4O3S. The van der Waals surface area contributed by atoms with E-state index in [4.69, 9.17) is 0 Å². The van der Waals surface area contributed by atoms with Crippen LogP contribution in [0.3, 0.4) is 0 Å². The number of aromatic nitrogens is 2. The fraction of sp³-hybridized carbons (Fsp3) is 0.267. The van der Waals surface area contributed by atoms with E-state index in [0.717, 1.165) is 6.07 Å². The number of carbonyl (C=O) groups excluding carboxylic acids is 1. The van der Waals surface area contributed by atoms with Crippen LogP contribution in [0.4, 0.5) is 24.8 Å². The highest BCUT2D eigenvalue weighted by atomic mass is 32.2. The molecule has 1 aromatic carbocycles. The number of rotatable bonds is 4. The van der Waals surface area contributed by atoms with Crippen LogP contribution in [0.5, 0.6) is 0 Å². The standard InChI is InChI=1S/C15H13F3N4O3S/c16-9-1-2-10(13(18)12(9)17)21-14(23)11-3-5-19-15(22-11)20-8-4-6-26(24,25)7-8/h1-3,5,8H,4,6-7H2,(H,21,23)(H,19,20,22). The zero-order valence-corrected chi connectivity index (χ0v) is 14.0. The van der Waals surface area contributed by atoms with Gasteiger partial charge in [-0.3, -0.25) is 4.79 Å². The number of benzene rings is 1. The quantitative estimate of drug-likeness (QED) is 0.777. The summed E-state index contributed by atoms with van der Waals surface area (Å²) >= 11 is 0. The predicted octanol–water partition coefficient (Wildman–Crippen LogP) is 1.75. The summed E-state index contributed by atoms with van der Waals surface area (Å²) in [4.78, 5) is 20.0. The number of carbonyl (C=O) groups is 1. The van der Waals surface area contributed by atoms with E-state index in [1.807, 2.05) is 0 Å². The number of hydrogen-bond donors (Lipinski definition) is 2. The van der Waals surface area contributed by atoms with Crippen molar-refractivity contribution in [2.75, 3.05) is 22.1 Å². The van der Waals surface area contributed by atoms with Crippen molar-refractivity contribution in [3.63, 3.8) is 0 Å². The molecule has 1 aliphatic rings. The van der Waals surface area contributed by atoms with Gasteiger partial charge >= 0.3 is 0 Å². The predicted molar refractivity (Wildman–Crippen MR) is 87.0 cm³/mol. The molecule has 0 saturated carbocycles. The Kier molecular flexibility index (Phi) is 4.81. The van der Waals surface area contributed by atoms with Gasteiger partial charge in [0, 0.05) is 12.2 Å². The maximum atomic E-state index is 13.6. The van der Waals surface area contributed by atoms with E-state index in [0.29, 0.717) is 12.5 Å². The maximum Gasteiger partial charge on any atom is 0.274 e. The van der Waals surface area contributed by atoms with Crippen molar-refractivity contribution in [3.05, 3.63) is 47.5 Å². The van der Waals surface area contributed by atoms with Crippen LogP contribution in [0.25, 0.3) is 0 Å². The molecule has 1 atom stereocenters. The smallest absolute Gasteiger partial charge is 0.274 e. The van der Waals surface area contributed by atoms with Crippen LogP contribution in [0.1, 0.15) is 16.9 Å². The van der Waals surface area contributed by atoms with Crippen molar-refractivity contribution in [1.82, 2.24) is 9.97 Å². The summed E-state index contributed by atoms with van der Waals surface area (Å²) in [5.74, 6) is -5.43. The molecule has 1 aliphatic heterocycles. The highest BCUT2D eigenvalue weighted by Gasteiger charge is 2.28. The Morgan fingerprint density at radius 3 is 2.62 bits per heavy atom. The third-order valence-corrected chi connectivity index (χ3v) is 5.51. The molecule has 11 heteroatoms. The topological polar surface area (TPSA) is 101 Å². The lowest BCUT2D eigenvalue weighted by Gasteiger charge is -2.11. The van der Waals surface area contributed by atoms with Crippen LogP contribution in [-0.4, -0.2) is 41.8 Å². The molecule has 0 radical (unpaired) electrons. The number of anilines is 2. The molecule has 3 rings (SSSR count). The molecular weight excluding hydrogens is 373 g/mol. The molecule has 0 spiro atoms. The van der Waals surface area contributed by atoms with Gasteiger partial charge in [0.25, 0.3) is 5.91 Å². The minimum atomic E-state index is -3.10. The second kappa shape index (κ2) is 6.90. The van der Waals surface area contributed by atoms with Crippen LogP contribution < -0.4 is 10.6 Å². The molecule has 138 valence electrons. The molecule has 2 aromatic rings. The Balaban J connectivity index is 1.74. The van der Waals surface area contributed by atoms with Gasteiger partial charge in [-0.15, -0.1) is 0 Å². The first kappa shape index (κ1) is 18.1. The van der Waals surface area contributed by atoms with E-state index >= 15 is 0 Å². The molecule has 7 nitrogen and oxygen atoms in total. The van der Waals surface area contributed by atoms with Gasteiger partial charge in [0.1, 0.15) is 5.69 Å². The third kappa shape index (κ3) is 3.93. The van der Waals surface area contributed by atoms with E-state index in [1.165, 1.54) is 12.3 Å². The molecule has 1 unspecified atom stereocenters. The molecule has 1 saturated heterocycles. The minimum absolute atomic E-state index is 0.0329. The number of nitrogens with zero attached hydrogens (tertiary/aromatic N) is 2. The van der Waals surface area contributed by atoms with E-state index < -0.39 is 38.9 Å². The van der Waals surface area contributed by atoms with E-state index in [9.17, 15) is 26.4 Å². The highest BCUT2D eigenvalue weighted by molar-refractivity contribution is 7.91. The van der Waals surface area contributed by atoms with Crippen molar-refractivity contribution < 1.29 is 26.4 Å². The number of halogens is 3. The number of nitrogens with one attached hydrogen (secondary N) is 2. The SMILES string of the molecule is O=C(Nc1ccc(F)c(F)c1F)c1ccnc(NC2CCS(=O)(=O)C2)n1. The van der Waals surface area contributed by atoms with Crippen LogP contribution in [0.2, 0.25) is 0 Å². The molecule has 0 bridgehead atoms. The lowest BCUT2D eigenvalue weighted by Crippen LogP contribution is -2.23. The molecule has 1 aromatic heterocycles. The Bertz CT molecular complexity index is 969. The van der Waals surface area contributed by atoms with Gasteiger partial charge in [0.2, 0.25) is 5.95 Å². The molecule has 1 amide bonds. The van der Waals surface area contributed by atoms with Gasteiger partial charge in [0.05, 0.1) is 17.2 Å². The highest BCUT2D eigenvalue weighted by Crippen LogP contribution is 2.20. The zero-order chi connectivity index (χ0) is 18.9. The first-order chi connectivity index (χ1) is 12.2. The fourth-order valence-electron chi connectivity index (χ4n) is 2.45. The van der Waals surface area contributed by atoms with E-state index in [-0.39, 0.29) is 29.2 Å². The van der Waals surface area contributed by atoms with Crippen LogP contribution in [-0.2, 0) is 9.84 Å². The zero-order valence-electron chi connectivity index (χ0n) is 13.2. The van der Waals surface area contributed by atoms with Crippen molar-refractivity contribution in [1.29, 1.82) is 0 Å². The Morgan fingerprint density at radius 2 is 1.92 bits per heavy atom. The Hall–Kier alpha value is -2.69. The van der Waals surface area contributed by atoms with Gasteiger partial charge in [-0.05, 0) is 24.6 Å². The summed E-state index contributed by atoms with van der Waals surface area (Å²) in [6.07, 6.45) is 1.65. The lowest BCUT2D eigenvalue weighted by molar-refractivity contribution is 0.102. The molecule has 0 aliphatic carbocycles. The molecule has 1 fully saturated rings. The second-order valence-electron chi connectivity index (χ2n) is 5.69. The van der Waals surface area contributed by atoms with Crippen molar-refractivity contribution >= 4 is 27.4 Å². The lowest BCUT2D eigenvalue weighted by atomic mass is 10.2. The van der Waals surface area contributed by atoms with Crippen LogP contribution >= 0.6 is 0 Å². The van der Waals surface area contributed by atoms with Crippen molar-refractivity contribution in [3.8, 4) is 0 Å². The van der Waals surface area contributed by atoms with Gasteiger partial charge < -0.3 is 10.6 Å². The summed E-state index contributed by atoms with van der Waals surface area (Å²) in [5.41, 5.74) is -0.698. The van der Waals surface area contributed by atoms with Crippen LogP contribution in [0, 0.1) is 17.5 Å². The molecule has 2 heterocycles.